The van der Waals surface area contributed by atoms with E-state index in [0.717, 1.165) is 15.8 Å². The van der Waals surface area contributed by atoms with Crippen LogP contribution >= 0.6 is 35.3 Å². The number of nitrogens with one attached hydrogen (secondary N) is 1. The van der Waals surface area contributed by atoms with Crippen molar-refractivity contribution in [3.8, 4) is 0 Å². The summed E-state index contributed by atoms with van der Waals surface area (Å²) in [5.41, 5.74) is 7.48. The number of pyridine rings is 1. The molecule has 20 heavy (non-hydrogen) atoms. The Bertz CT molecular complexity index is 760. The lowest BCUT2D eigenvalue weighted by atomic mass is 10.2. The molecule has 0 saturated carbocycles. The van der Waals surface area contributed by atoms with Gasteiger partial charge in [-0.05, 0) is 24.3 Å². The first kappa shape index (κ1) is 14.8. The van der Waals surface area contributed by atoms with Crippen molar-refractivity contribution in [2.24, 2.45) is 0 Å². The molecule has 0 bridgehead atoms. The van der Waals surface area contributed by atoms with Gasteiger partial charge in [0.2, 0.25) is 0 Å². The summed E-state index contributed by atoms with van der Waals surface area (Å²) < 4.78 is 14.1. The van der Waals surface area contributed by atoms with Gasteiger partial charge in [0.15, 0.2) is 0 Å². The first-order valence-corrected chi connectivity index (χ1v) is 6.68. The van der Waals surface area contributed by atoms with Gasteiger partial charge in [-0.2, -0.15) is 0 Å². The number of anilines is 3. The highest BCUT2D eigenvalue weighted by Gasteiger charge is 2.10. The Balaban J connectivity index is 0.00000147. The molecule has 0 radical (unpaired) electrons. The first-order chi connectivity index (χ1) is 9.15. The average Bonchev–Trinajstić information content (AvgIpc) is 2.71. The summed E-state index contributed by atoms with van der Waals surface area (Å²) in [6.45, 7) is 0. The van der Waals surface area contributed by atoms with Crippen LogP contribution in [-0.2, 0) is 0 Å². The molecule has 0 spiro atoms. The molecular weight excluding hydrogens is 320 g/mol. The molecule has 3 rings (SSSR count). The van der Waals surface area contributed by atoms with E-state index in [1.165, 1.54) is 23.5 Å². The molecule has 0 aliphatic heterocycles. The first-order valence-electron chi connectivity index (χ1n) is 5.49. The van der Waals surface area contributed by atoms with Gasteiger partial charge < -0.3 is 11.1 Å². The Labute approximate surface area is 130 Å². The molecular formula is C13H10Cl2FN3S. The summed E-state index contributed by atoms with van der Waals surface area (Å²) in [5.74, 6) is -0.445. The summed E-state index contributed by atoms with van der Waals surface area (Å²) in [6, 6.07) is 6.35. The molecule has 2 heterocycles. The van der Waals surface area contributed by atoms with E-state index in [4.69, 9.17) is 17.3 Å². The number of benzene rings is 1. The summed E-state index contributed by atoms with van der Waals surface area (Å²) in [6.07, 6.45) is 3.47. The number of nitrogens with two attached hydrogens (primary N) is 1. The van der Waals surface area contributed by atoms with E-state index in [1.54, 1.807) is 18.5 Å². The number of halogens is 3. The molecule has 104 valence electrons. The molecule has 0 saturated heterocycles. The molecule has 0 aliphatic rings. The quantitative estimate of drug-likeness (QED) is 0.707. The number of nitrogens with zero attached hydrogens (tertiary/aromatic N) is 1. The number of nitrogen functional groups attached to an aromatic ring is 1. The lowest BCUT2D eigenvalue weighted by Crippen LogP contribution is -1.93. The zero-order valence-electron chi connectivity index (χ0n) is 10.1. The molecule has 7 heteroatoms. The molecule has 0 atom stereocenters. The zero-order valence-corrected chi connectivity index (χ0v) is 12.5. The molecule has 0 fully saturated rings. The van der Waals surface area contributed by atoms with Crippen LogP contribution in [0.25, 0.3) is 10.1 Å². The molecule has 0 unspecified atom stereocenters. The van der Waals surface area contributed by atoms with Gasteiger partial charge >= 0.3 is 0 Å². The van der Waals surface area contributed by atoms with E-state index in [9.17, 15) is 4.39 Å². The van der Waals surface area contributed by atoms with Crippen LogP contribution in [0.5, 0.6) is 0 Å². The third-order valence-corrected chi connectivity index (χ3v) is 3.97. The van der Waals surface area contributed by atoms with E-state index in [1.807, 2.05) is 6.07 Å². The average molecular weight is 330 g/mol. The summed E-state index contributed by atoms with van der Waals surface area (Å²) in [7, 11) is 0. The number of thiophene rings is 1. The third-order valence-electron chi connectivity index (χ3n) is 2.71. The van der Waals surface area contributed by atoms with Gasteiger partial charge in [0.25, 0.3) is 0 Å². The van der Waals surface area contributed by atoms with Crippen LogP contribution in [0, 0.1) is 5.82 Å². The van der Waals surface area contributed by atoms with Gasteiger partial charge in [0, 0.05) is 23.5 Å². The fourth-order valence-corrected chi connectivity index (χ4v) is 2.89. The second kappa shape index (κ2) is 5.83. The number of aromatic nitrogens is 1. The summed E-state index contributed by atoms with van der Waals surface area (Å²) in [4.78, 5) is 4.06. The van der Waals surface area contributed by atoms with Gasteiger partial charge in [-0.1, -0.05) is 11.6 Å². The minimum atomic E-state index is -0.445. The zero-order chi connectivity index (χ0) is 13.4. The number of fused-ring (bicyclic) bond motifs is 1. The van der Waals surface area contributed by atoms with Crippen molar-refractivity contribution in [2.45, 2.75) is 0 Å². The highest BCUT2D eigenvalue weighted by Crippen LogP contribution is 2.39. The van der Waals surface area contributed by atoms with E-state index in [-0.39, 0.29) is 17.4 Å². The van der Waals surface area contributed by atoms with Crippen molar-refractivity contribution in [2.75, 3.05) is 11.1 Å². The molecule has 2 aromatic heterocycles. The molecule has 0 aliphatic carbocycles. The van der Waals surface area contributed by atoms with E-state index >= 15 is 0 Å². The second-order valence-electron chi connectivity index (χ2n) is 3.97. The Morgan fingerprint density at radius 3 is 2.85 bits per heavy atom. The minimum Gasteiger partial charge on any atom is -0.389 e. The fraction of sp³-hybridized carbons (Fsp3) is 0. The van der Waals surface area contributed by atoms with E-state index < -0.39 is 5.82 Å². The van der Waals surface area contributed by atoms with Crippen molar-refractivity contribution in [3.05, 3.63) is 47.5 Å². The molecule has 3 nitrogen and oxygen atoms in total. The van der Waals surface area contributed by atoms with Gasteiger partial charge in [-0.15, -0.1) is 23.7 Å². The van der Waals surface area contributed by atoms with Crippen LogP contribution in [0.3, 0.4) is 0 Å². The highest BCUT2D eigenvalue weighted by atomic mass is 35.5. The van der Waals surface area contributed by atoms with Crippen LogP contribution in [0.2, 0.25) is 5.02 Å². The Morgan fingerprint density at radius 1 is 1.30 bits per heavy atom. The van der Waals surface area contributed by atoms with E-state index in [0.29, 0.717) is 10.7 Å². The fourth-order valence-electron chi connectivity index (χ4n) is 1.82. The van der Waals surface area contributed by atoms with Crippen LogP contribution in [-0.4, -0.2) is 4.98 Å². The maximum atomic E-state index is 13.1. The van der Waals surface area contributed by atoms with Crippen molar-refractivity contribution in [3.63, 3.8) is 0 Å². The molecule has 0 amide bonds. The van der Waals surface area contributed by atoms with Crippen molar-refractivity contribution in [1.29, 1.82) is 0 Å². The van der Waals surface area contributed by atoms with Gasteiger partial charge in [-0.25, -0.2) is 4.39 Å². The van der Waals surface area contributed by atoms with Gasteiger partial charge in [0.1, 0.15) is 10.8 Å². The monoisotopic (exact) mass is 329 g/mol. The Morgan fingerprint density at radius 2 is 2.10 bits per heavy atom. The topological polar surface area (TPSA) is 50.9 Å². The summed E-state index contributed by atoms with van der Waals surface area (Å²) >= 11 is 7.21. The van der Waals surface area contributed by atoms with Crippen LogP contribution in [0.1, 0.15) is 0 Å². The van der Waals surface area contributed by atoms with Gasteiger partial charge in [-0.3, -0.25) is 4.98 Å². The van der Waals surface area contributed by atoms with E-state index in [2.05, 4.69) is 10.3 Å². The highest BCUT2D eigenvalue weighted by molar-refractivity contribution is 7.23. The smallest absolute Gasteiger partial charge is 0.141 e. The number of hydrogen-bond acceptors (Lipinski definition) is 4. The third kappa shape index (κ3) is 2.65. The maximum absolute atomic E-state index is 13.1. The van der Waals surface area contributed by atoms with Crippen molar-refractivity contribution >= 4 is 61.8 Å². The summed E-state index contributed by atoms with van der Waals surface area (Å²) in [5, 5.41) is 4.88. The van der Waals surface area contributed by atoms with Gasteiger partial charge in [0.05, 0.1) is 15.4 Å². The van der Waals surface area contributed by atoms with Crippen LogP contribution in [0.15, 0.2) is 36.7 Å². The van der Waals surface area contributed by atoms with Crippen LogP contribution < -0.4 is 11.1 Å². The Kier molecular flexibility index (Phi) is 4.32. The minimum absolute atomic E-state index is 0. The van der Waals surface area contributed by atoms with Crippen molar-refractivity contribution in [1.82, 2.24) is 4.98 Å². The second-order valence-corrected chi connectivity index (χ2v) is 5.46. The molecule has 3 aromatic rings. The predicted molar refractivity (Wildman–Crippen MR) is 86.0 cm³/mol. The lowest BCUT2D eigenvalue weighted by molar-refractivity contribution is 0.628. The number of hydrogen-bond donors (Lipinski definition) is 2. The SMILES string of the molecule is Cl.Nc1sc2cnccc2c1Nc1ccc(F)c(Cl)c1. The van der Waals surface area contributed by atoms with Crippen molar-refractivity contribution < 1.29 is 4.39 Å². The maximum Gasteiger partial charge on any atom is 0.141 e. The number of rotatable bonds is 2. The van der Waals surface area contributed by atoms with Crippen LogP contribution in [0.4, 0.5) is 20.8 Å². The molecule has 3 N–H and O–H groups in total. The standard InChI is InChI=1S/C13H9ClFN3S.ClH/c14-9-5-7(1-2-10(9)15)18-12-8-3-4-17-6-11(8)19-13(12)16;/h1-6,18H,16H2;1H. The molecule has 1 aromatic carbocycles. The predicted octanol–water partition coefficient (Wildman–Crippen LogP) is 4.84. The normalized spacial score (nSPS) is 10.3. The largest absolute Gasteiger partial charge is 0.389 e. The lowest BCUT2D eigenvalue weighted by Gasteiger charge is -2.07. The Hall–Kier alpha value is -1.56.